The van der Waals surface area contributed by atoms with E-state index in [1.54, 1.807) is 0 Å². The number of hydrogen-bond acceptors (Lipinski definition) is 1. The number of rotatable bonds is 5. The van der Waals surface area contributed by atoms with Gasteiger partial charge in [0.1, 0.15) is 0 Å². The first-order chi connectivity index (χ1) is 6.06. The molecule has 0 unspecified atom stereocenters. The molecular weight excluding hydrogens is 160 g/mol. The maximum Gasteiger partial charge on any atom is 0.0932 e. The van der Waals surface area contributed by atoms with Gasteiger partial charge in [-0.1, -0.05) is 31.2 Å². The van der Waals surface area contributed by atoms with Crippen LogP contribution in [-0.2, 0) is 4.74 Å². The Morgan fingerprint density at radius 1 is 1.46 bits per heavy atom. The predicted molar refractivity (Wildman–Crippen MR) is 58.5 cm³/mol. The third-order valence-electron chi connectivity index (χ3n) is 1.54. The van der Waals surface area contributed by atoms with E-state index >= 15 is 0 Å². The molecule has 0 heterocycles. The highest BCUT2D eigenvalue weighted by molar-refractivity contribution is 5.19. The van der Waals surface area contributed by atoms with Gasteiger partial charge in [-0.25, -0.2) is 0 Å². The van der Waals surface area contributed by atoms with Gasteiger partial charge < -0.3 is 4.74 Å². The molecule has 1 heteroatoms. The Bertz CT molecular complexity index is 209. The van der Waals surface area contributed by atoms with Crippen molar-refractivity contribution in [3.8, 4) is 0 Å². The average Bonchev–Trinajstić information content (AvgIpc) is 2.02. The molecule has 0 rings (SSSR count). The van der Waals surface area contributed by atoms with Crippen LogP contribution in [0.15, 0.2) is 36.1 Å². The highest BCUT2D eigenvalue weighted by atomic mass is 16.5. The Labute approximate surface area is 81.8 Å². The monoisotopic (exact) mass is 180 g/mol. The second kappa shape index (κ2) is 6.53. The molecule has 0 aromatic rings. The lowest BCUT2D eigenvalue weighted by atomic mass is 10.2. The van der Waals surface area contributed by atoms with Crippen molar-refractivity contribution in [2.24, 2.45) is 0 Å². The van der Waals surface area contributed by atoms with Gasteiger partial charge in [-0.2, -0.15) is 0 Å². The Morgan fingerprint density at radius 2 is 2.08 bits per heavy atom. The van der Waals surface area contributed by atoms with Gasteiger partial charge in [0.25, 0.3) is 0 Å². The van der Waals surface area contributed by atoms with Crippen LogP contribution >= 0.6 is 0 Å². The molecule has 0 aliphatic heterocycles. The van der Waals surface area contributed by atoms with Gasteiger partial charge in [0.2, 0.25) is 0 Å². The topological polar surface area (TPSA) is 9.23 Å². The number of allylic oxidation sites excluding steroid dienone is 5. The summed E-state index contributed by atoms with van der Waals surface area (Å²) in [5.41, 5.74) is 1.13. The van der Waals surface area contributed by atoms with Gasteiger partial charge in [-0.3, -0.25) is 0 Å². The predicted octanol–water partition coefficient (Wildman–Crippen LogP) is 3.84. The largest absolute Gasteiger partial charge is 0.496 e. The SMILES string of the molecule is C=C(/C=C\C=C(/C)OC(C)C)CC. The van der Waals surface area contributed by atoms with Crippen LogP contribution in [0.4, 0.5) is 0 Å². The third kappa shape index (κ3) is 7.38. The van der Waals surface area contributed by atoms with E-state index in [0.29, 0.717) is 0 Å². The molecule has 0 fully saturated rings. The van der Waals surface area contributed by atoms with Gasteiger partial charge >= 0.3 is 0 Å². The molecule has 0 amide bonds. The van der Waals surface area contributed by atoms with Crippen molar-refractivity contribution in [1.29, 1.82) is 0 Å². The van der Waals surface area contributed by atoms with E-state index in [1.165, 1.54) is 0 Å². The summed E-state index contributed by atoms with van der Waals surface area (Å²) >= 11 is 0. The van der Waals surface area contributed by atoms with E-state index in [0.717, 1.165) is 17.8 Å². The molecule has 0 aromatic heterocycles. The summed E-state index contributed by atoms with van der Waals surface area (Å²) in [6.07, 6.45) is 7.19. The Balaban J connectivity index is 3.95. The summed E-state index contributed by atoms with van der Waals surface area (Å²) in [4.78, 5) is 0. The summed E-state index contributed by atoms with van der Waals surface area (Å²) in [5.74, 6) is 0.940. The van der Waals surface area contributed by atoms with Crippen LogP contribution in [0.1, 0.15) is 34.1 Å². The fraction of sp³-hybridized carbons (Fsp3) is 0.500. The zero-order valence-corrected chi connectivity index (χ0v) is 9.13. The lowest BCUT2D eigenvalue weighted by Gasteiger charge is -2.08. The van der Waals surface area contributed by atoms with Crippen molar-refractivity contribution in [1.82, 2.24) is 0 Å². The van der Waals surface area contributed by atoms with E-state index in [4.69, 9.17) is 4.74 Å². The van der Waals surface area contributed by atoms with Crippen LogP contribution in [0.3, 0.4) is 0 Å². The molecule has 0 spiro atoms. The van der Waals surface area contributed by atoms with E-state index in [-0.39, 0.29) is 6.10 Å². The van der Waals surface area contributed by atoms with Crippen LogP contribution in [0, 0.1) is 0 Å². The molecule has 0 aliphatic rings. The lowest BCUT2D eigenvalue weighted by molar-refractivity contribution is 0.149. The van der Waals surface area contributed by atoms with Gasteiger partial charge in [-0.15, -0.1) is 0 Å². The summed E-state index contributed by atoms with van der Waals surface area (Å²) in [7, 11) is 0. The first-order valence-corrected chi connectivity index (χ1v) is 4.75. The maximum absolute atomic E-state index is 5.45. The van der Waals surface area contributed by atoms with Crippen LogP contribution < -0.4 is 0 Å². The minimum absolute atomic E-state index is 0.249. The summed E-state index contributed by atoms with van der Waals surface area (Å²) in [6, 6.07) is 0. The van der Waals surface area contributed by atoms with E-state index in [2.05, 4.69) is 13.5 Å². The van der Waals surface area contributed by atoms with Gasteiger partial charge in [0.15, 0.2) is 0 Å². The van der Waals surface area contributed by atoms with E-state index in [1.807, 2.05) is 39.0 Å². The summed E-state index contributed by atoms with van der Waals surface area (Å²) < 4.78 is 5.45. The quantitative estimate of drug-likeness (QED) is 0.461. The Hall–Kier alpha value is -0.980. The second-order valence-corrected chi connectivity index (χ2v) is 3.31. The van der Waals surface area contributed by atoms with Crippen molar-refractivity contribution in [2.75, 3.05) is 0 Å². The van der Waals surface area contributed by atoms with Crippen molar-refractivity contribution in [3.05, 3.63) is 36.1 Å². The fourth-order valence-corrected chi connectivity index (χ4v) is 0.849. The first kappa shape index (κ1) is 12.0. The second-order valence-electron chi connectivity index (χ2n) is 3.31. The van der Waals surface area contributed by atoms with Gasteiger partial charge in [-0.05, 0) is 33.3 Å². The molecule has 0 saturated heterocycles. The molecule has 13 heavy (non-hydrogen) atoms. The highest BCUT2D eigenvalue weighted by Crippen LogP contribution is 2.03. The molecule has 1 nitrogen and oxygen atoms in total. The van der Waals surface area contributed by atoms with Crippen molar-refractivity contribution >= 4 is 0 Å². The van der Waals surface area contributed by atoms with Crippen LogP contribution in [0.2, 0.25) is 0 Å². The standard InChI is InChI=1S/C12H20O/c1-6-11(4)8-7-9-12(5)13-10(2)3/h7-10H,4,6H2,1-3,5H3/b8-7-,12-9+. The molecule has 0 radical (unpaired) electrons. The summed E-state index contributed by atoms with van der Waals surface area (Å²) in [6.45, 7) is 12.0. The van der Waals surface area contributed by atoms with Crippen LogP contribution in [0.25, 0.3) is 0 Å². The highest BCUT2D eigenvalue weighted by Gasteiger charge is 1.91. The molecule has 74 valence electrons. The smallest absolute Gasteiger partial charge is 0.0932 e. The molecule has 0 aromatic carbocycles. The molecule has 0 saturated carbocycles. The zero-order chi connectivity index (χ0) is 10.3. The molecular formula is C12H20O. The Morgan fingerprint density at radius 3 is 2.54 bits per heavy atom. The summed E-state index contributed by atoms with van der Waals surface area (Å²) in [5, 5.41) is 0. The van der Waals surface area contributed by atoms with Crippen LogP contribution in [0.5, 0.6) is 0 Å². The molecule has 0 N–H and O–H groups in total. The minimum atomic E-state index is 0.249. The number of hydrogen-bond donors (Lipinski definition) is 0. The van der Waals surface area contributed by atoms with Crippen molar-refractivity contribution in [3.63, 3.8) is 0 Å². The first-order valence-electron chi connectivity index (χ1n) is 4.75. The zero-order valence-electron chi connectivity index (χ0n) is 9.13. The van der Waals surface area contributed by atoms with Gasteiger partial charge in [0.05, 0.1) is 11.9 Å². The van der Waals surface area contributed by atoms with E-state index in [9.17, 15) is 0 Å². The van der Waals surface area contributed by atoms with Crippen LogP contribution in [-0.4, -0.2) is 6.10 Å². The average molecular weight is 180 g/mol. The fourth-order valence-electron chi connectivity index (χ4n) is 0.849. The van der Waals surface area contributed by atoms with Crippen molar-refractivity contribution in [2.45, 2.75) is 40.2 Å². The van der Waals surface area contributed by atoms with Gasteiger partial charge in [0, 0.05) is 0 Å². The lowest BCUT2D eigenvalue weighted by Crippen LogP contribution is -1.99. The molecule has 0 bridgehead atoms. The van der Waals surface area contributed by atoms with Crippen molar-refractivity contribution < 1.29 is 4.74 Å². The Kier molecular flexibility index (Phi) is 6.03. The third-order valence-corrected chi connectivity index (χ3v) is 1.54. The normalized spacial score (nSPS) is 12.5. The van der Waals surface area contributed by atoms with E-state index < -0.39 is 0 Å². The molecule has 0 atom stereocenters. The number of ether oxygens (including phenoxy) is 1. The minimum Gasteiger partial charge on any atom is -0.496 e. The molecule has 0 aliphatic carbocycles. The maximum atomic E-state index is 5.45.